The van der Waals surface area contributed by atoms with E-state index in [0.717, 1.165) is 13.0 Å². The van der Waals surface area contributed by atoms with E-state index in [9.17, 15) is 4.79 Å². The van der Waals surface area contributed by atoms with E-state index >= 15 is 0 Å². The zero-order chi connectivity index (χ0) is 11.1. The van der Waals surface area contributed by atoms with Crippen LogP contribution in [0.5, 0.6) is 0 Å². The van der Waals surface area contributed by atoms with E-state index in [4.69, 9.17) is 0 Å². The summed E-state index contributed by atoms with van der Waals surface area (Å²) < 4.78 is 0. The van der Waals surface area contributed by atoms with Crippen molar-refractivity contribution in [3.63, 3.8) is 0 Å². The molecule has 86 valence electrons. The molecule has 0 aromatic rings. The highest BCUT2D eigenvalue weighted by atomic mass is 16.2. The average molecular weight is 210 g/mol. The monoisotopic (exact) mass is 210 g/mol. The first kappa shape index (κ1) is 10.9. The molecule has 0 spiro atoms. The van der Waals surface area contributed by atoms with Crippen LogP contribution >= 0.6 is 0 Å². The summed E-state index contributed by atoms with van der Waals surface area (Å²) in [5, 5.41) is 3.56. The predicted molar refractivity (Wildman–Crippen MR) is 60.6 cm³/mol. The van der Waals surface area contributed by atoms with Crippen LogP contribution < -0.4 is 5.32 Å². The molecular weight excluding hydrogens is 188 g/mol. The molecular formula is C12H22N2O. The smallest absolute Gasteiger partial charge is 0.239 e. The first-order chi connectivity index (χ1) is 7.00. The minimum absolute atomic E-state index is 0.0809. The Bertz CT molecular complexity index is 262. The molecule has 2 fully saturated rings. The van der Waals surface area contributed by atoms with Crippen molar-refractivity contribution in [2.24, 2.45) is 5.41 Å². The molecule has 2 unspecified atom stereocenters. The summed E-state index contributed by atoms with van der Waals surface area (Å²) in [4.78, 5) is 13.6. The number of carbonyl (C=O) groups excluding carboxylic acids is 1. The summed E-state index contributed by atoms with van der Waals surface area (Å²) in [5.74, 6) is 0.276. The molecule has 2 atom stereocenters. The number of nitrogens with one attached hydrogen (secondary N) is 1. The molecule has 0 aromatic heterocycles. The van der Waals surface area contributed by atoms with Crippen LogP contribution in [0, 0.1) is 5.41 Å². The molecule has 1 saturated heterocycles. The van der Waals surface area contributed by atoms with Gasteiger partial charge in [-0.05, 0) is 24.7 Å². The van der Waals surface area contributed by atoms with Gasteiger partial charge in [-0.25, -0.2) is 0 Å². The Morgan fingerprint density at radius 2 is 2.13 bits per heavy atom. The van der Waals surface area contributed by atoms with E-state index in [2.05, 4.69) is 19.2 Å². The van der Waals surface area contributed by atoms with Gasteiger partial charge >= 0.3 is 0 Å². The number of likely N-dealkylation sites (tertiary alicyclic amines) is 1. The van der Waals surface area contributed by atoms with Gasteiger partial charge in [0.05, 0.1) is 6.04 Å². The van der Waals surface area contributed by atoms with E-state index in [1.807, 2.05) is 11.9 Å². The van der Waals surface area contributed by atoms with Crippen molar-refractivity contribution < 1.29 is 4.79 Å². The minimum atomic E-state index is 0.0809. The summed E-state index contributed by atoms with van der Waals surface area (Å²) in [6, 6.07) is 0.607. The molecule has 0 radical (unpaired) electrons. The van der Waals surface area contributed by atoms with Gasteiger partial charge in [0.1, 0.15) is 0 Å². The third kappa shape index (κ3) is 2.03. The first-order valence-corrected chi connectivity index (χ1v) is 6.02. The molecule has 0 aromatic carbocycles. The Kier molecular flexibility index (Phi) is 2.75. The summed E-state index contributed by atoms with van der Waals surface area (Å²) in [7, 11) is 1.89. The van der Waals surface area contributed by atoms with Crippen LogP contribution in [0.3, 0.4) is 0 Å². The van der Waals surface area contributed by atoms with Gasteiger partial charge in [0.25, 0.3) is 0 Å². The normalized spacial score (nSPS) is 35.1. The lowest BCUT2D eigenvalue weighted by Crippen LogP contribution is -2.47. The van der Waals surface area contributed by atoms with Gasteiger partial charge in [0.15, 0.2) is 0 Å². The number of likely N-dealkylation sites (N-methyl/N-ethyl adjacent to an activating group) is 1. The van der Waals surface area contributed by atoms with Crippen LogP contribution in [0.2, 0.25) is 0 Å². The number of carbonyl (C=O) groups is 1. The van der Waals surface area contributed by atoms with Crippen molar-refractivity contribution in [3.05, 3.63) is 0 Å². The second-order valence-corrected chi connectivity index (χ2v) is 5.70. The highest BCUT2D eigenvalue weighted by Gasteiger charge is 2.38. The lowest BCUT2D eigenvalue weighted by atomic mass is 9.87. The van der Waals surface area contributed by atoms with Gasteiger partial charge < -0.3 is 10.2 Å². The van der Waals surface area contributed by atoms with Crippen molar-refractivity contribution >= 4 is 5.91 Å². The quantitative estimate of drug-likeness (QED) is 0.747. The van der Waals surface area contributed by atoms with Crippen molar-refractivity contribution in [3.8, 4) is 0 Å². The fourth-order valence-electron chi connectivity index (χ4n) is 2.86. The predicted octanol–water partition coefficient (Wildman–Crippen LogP) is 1.39. The third-order valence-electron chi connectivity index (χ3n) is 4.09. The number of hydrogen-bond donors (Lipinski definition) is 1. The summed E-state index contributed by atoms with van der Waals surface area (Å²) >= 11 is 0. The molecule has 2 aliphatic rings. The number of rotatable bonds is 2. The van der Waals surface area contributed by atoms with Crippen molar-refractivity contribution in [2.45, 2.75) is 51.6 Å². The largest absolute Gasteiger partial charge is 0.344 e. The average Bonchev–Trinajstić information content (AvgIpc) is 2.64. The second kappa shape index (κ2) is 3.78. The fourth-order valence-corrected chi connectivity index (χ4v) is 2.86. The number of amides is 1. The van der Waals surface area contributed by atoms with E-state index < -0.39 is 0 Å². The van der Waals surface area contributed by atoms with Gasteiger partial charge in [-0.1, -0.05) is 20.3 Å². The molecule has 1 N–H and O–H groups in total. The third-order valence-corrected chi connectivity index (χ3v) is 4.09. The molecule has 1 aliphatic carbocycles. The highest BCUT2D eigenvalue weighted by molar-refractivity contribution is 5.83. The zero-order valence-electron chi connectivity index (χ0n) is 10.0. The topological polar surface area (TPSA) is 32.3 Å². The number of hydrogen-bond acceptors (Lipinski definition) is 2. The van der Waals surface area contributed by atoms with Crippen molar-refractivity contribution in [1.29, 1.82) is 0 Å². The van der Waals surface area contributed by atoms with Crippen LogP contribution in [-0.4, -0.2) is 36.5 Å². The second-order valence-electron chi connectivity index (χ2n) is 5.70. The van der Waals surface area contributed by atoms with Gasteiger partial charge in [0.2, 0.25) is 5.91 Å². The Hall–Kier alpha value is -0.570. The Morgan fingerprint density at radius 1 is 1.40 bits per heavy atom. The zero-order valence-corrected chi connectivity index (χ0v) is 10.0. The SMILES string of the molecule is CN1CCC(NC2CCCC2(C)C)C1=O. The maximum Gasteiger partial charge on any atom is 0.239 e. The Labute approximate surface area is 92.2 Å². The summed E-state index contributed by atoms with van der Waals surface area (Å²) in [5.41, 5.74) is 0.363. The highest BCUT2D eigenvalue weighted by Crippen LogP contribution is 2.37. The first-order valence-electron chi connectivity index (χ1n) is 6.02. The maximum atomic E-state index is 11.8. The van der Waals surface area contributed by atoms with Crippen molar-refractivity contribution in [1.82, 2.24) is 10.2 Å². The maximum absolute atomic E-state index is 11.8. The standard InChI is InChI=1S/C12H22N2O/c1-12(2)7-4-5-10(12)13-9-6-8-14(3)11(9)15/h9-10,13H,4-8H2,1-3H3. The Morgan fingerprint density at radius 3 is 2.60 bits per heavy atom. The van der Waals surface area contributed by atoms with Crippen LogP contribution in [0.25, 0.3) is 0 Å². The van der Waals surface area contributed by atoms with Gasteiger partial charge in [0, 0.05) is 19.6 Å². The minimum Gasteiger partial charge on any atom is -0.344 e. The van der Waals surface area contributed by atoms with E-state index in [-0.39, 0.29) is 11.9 Å². The van der Waals surface area contributed by atoms with E-state index in [1.165, 1.54) is 19.3 Å². The van der Waals surface area contributed by atoms with E-state index in [1.54, 1.807) is 0 Å². The van der Waals surface area contributed by atoms with Crippen LogP contribution in [0.4, 0.5) is 0 Å². The summed E-state index contributed by atoms with van der Waals surface area (Å²) in [6.07, 6.45) is 4.77. The molecule has 3 nitrogen and oxygen atoms in total. The number of nitrogens with zero attached hydrogens (tertiary/aromatic N) is 1. The molecule has 1 saturated carbocycles. The van der Waals surface area contributed by atoms with Crippen LogP contribution in [0.15, 0.2) is 0 Å². The molecule has 1 heterocycles. The van der Waals surface area contributed by atoms with Gasteiger partial charge in [-0.3, -0.25) is 4.79 Å². The Balaban J connectivity index is 1.95. The summed E-state index contributed by atoms with van der Waals surface area (Å²) in [6.45, 7) is 5.52. The van der Waals surface area contributed by atoms with Gasteiger partial charge in [-0.15, -0.1) is 0 Å². The van der Waals surface area contributed by atoms with Gasteiger partial charge in [-0.2, -0.15) is 0 Å². The van der Waals surface area contributed by atoms with Crippen LogP contribution in [0.1, 0.15) is 39.5 Å². The lowest BCUT2D eigenvalue weighted by Gasteiger charge is -2.30. The molecule has 3 heteroatoms. The van der Waals surface area contributed by atoms with Crippen molar-refractivity contribution in [2.75, 3.05) is 13.6 Å². The molecule has 1 aliphatic heterocycles. The lowest BCUT2D eigenvalue weighted by molar-refractivity contribution is -0.128. The van der Waals surface area contributed by atoms with Crippen LogP contribution in [-0.2, 0) is 4.79 Å². The molecule has 0 bridgehead atoms. The molecule has 15 heavy (non-hydrogen) atoms. The molecule has 1 amide bonds. The molecule has 2 rings (SSSR count). The fraction of sp³-hybridized carbons (Fsp3) is 0.917. The van der Waals surface area contributed by atoms with E-state index in [0.29, 0.717) is 11.5 Å².